The molecule has 0 aromatic heterocycles. The molecule has 2 aliphatic heterocycles. The summed E-state index contributed by atoms with van der Waals surface area (Å²) in [5, 5.41) is 5.69. The summed E-state index contributed by atoms with van der Waals surface area (Å²) in [6.07, 6.45) is 3.51. The summed E-state index contributed by atoms with van der Waals surface area (Å²) in [6.45, 7) is 3.27. The van der Waals surface area contributed by atoms with Gasteiger partial charge in [0.05, 0.1) is 30.9 Å². The predicted molar refractivity (Wildman–Crippen MR) is 118 cm³/mol. The first-order valence-corrected chi connectivity index (χ1v) is 11.8. The molecule has 2 heterocycles. The number of ether oxygens (including phenoxy) is 2. The van der Waals surface area contributed by atoms with Crippen LogP contribution in [0, 0.1) is 0 Å². The standard InChI is InChI=1S/C24H34FN3O4/c1-2-26-23(30)28-14-6-13-24(16-32-21(25)22(29)27-24)20(28)15-31-19-11-9-18(10-12-19)17-7-4-3-5-8-17/h3-5,7-8,18-21H,2,6,9-16H2,1H3,(H,26,30)(H,27,29)/t18?,19?,20-,21+,24+/m1/s1. The molecule has 2 N–H and O–H groups in total. The van der Waals surface area contributed by atoms with E-state index in [1.54, 1.807) is 4.90 Å². The maximum Gasteiger partial charge on any atom is 0.317 e. The number of amides is 3. The van der Waals surface area contributed by atoms with Crippen molar-refractivity contribution in [1.29, 1.82) is 0 Å². The second-order valence-electron chi connectivity index (χ2n) is 9.14. The number of piperidine rings is 1. The van der Waals surface area contributed by atoms with Crippen LogP contribution in [0.3, 0.4) is 0 Å². The van der Waals surface area contributed by atoms with Crippen LogP contribution in [0.5, 0.6) is 0 Å². The lowest BCUT2D eigenvalue weighted by Gasteiger charge is -2.51. The van der Waals surface area contributed by atoms with Crippen molar-refractivity contribution in [1.82, 2.24) is 15.5 Å². The van der Waals surface area contributed by atoms with Crippen molar-refractivity contribution in [2.75, 3.05) is 26.3 Å². The lowest BCUT2D eigenvalue weighted by Crippen LogP contribution is -2.73. The van der Waals surface area contributed by atoms with Gasteiger partial charge in [0.1, 0.15) is 0 Å². The summed E-state index contributed by atoms with van der Waals surface area (Å²) in [4.78, 5) is 26.6. The first kappa shape index (κ1) is 23.0. The molecule has 1 aromatic rings. The van der Waals surface area contributed by atoms with Crippen molar-refractivity contribution in [3.8, 4) is 0 Å². The molecule has 1 aliphatic carbocycles. The molecule has 0 bridgehead atoms. The smallest absolute Gasteiger partial charge is 0.317 e. The van der Waals surface area contributed by atoms with Gasteiger partial charge in [-0.1, -0.05) is 30.3 Å². The van der Waals surface area contributed by atoms with Gasteiger partial charge in [0, 0.05) is 13.1 Å². The van der Waals surface area contributed by atoms with Gasteiger partial charge in [-0.05, 0) is 56.9 Å². The van der Waals surface area contributed by atoms with E-state index in [0.717, 1.165) is 25.7 Å². The molecule has 2 saturated heterocycles. The Labute approximate surface area is 189 Å². The summed E-state index contributed by atoms with van der Waals surface area (Å²) >= 11 is 0. The molecule has 1 aromatic carbocycles. The Morgan fingerprint density at radius 1 is 1.28 bits per heavy atom. The van der Waals surface area contributed by atoms with Crippen LogP contribution in [0.25, 0.3) is 0 Å². The number of rotatable bonds is 5. The van der Waals surface area contributed by atoms with E-state index < -0.39 is 23.8 Å². The lowest BCUT2D eigenvalue weighted by molar-refractivity contribution is -0.172. The van der Waals surface area contributed by atoms with E-state index in [1.165, 1.54) is 5.56 Å². The molecule has 7 nitrogen and oxygen atoms in total. The molecule has 176 valence electrons. The van der Waals surface area contributed by atoms with Crippen molar-refractivity contribution >= 4 is 11.9 Å². The lowest BCUT2D eigenvalue weighted by atomic mass is 9.80. The third-order valence-electron chi connectivity index (χ3n) is 7.13. The third-order valence-corrected chi connectivity index (χ3v) is 7.13. The van der Waals surface area contributed by atoms with E-state index in [1.807, 2.05) is 13.0 Å². The van der Waals surface area contributed by atoms with E-state index in [-0.39, 0.29) is 18.7 Å². The topological polar surface area (TPSA) is 79.9 Å². The number of urea groups is 1. The largest absolute Gasteiger partial charge is 0.376 e. The van der Waals surface area contributed by atoms with Crippen molar-refractivity contribution < 1.29 is 23.5 Å². The van der Waals surface area contributed by atoms with E-state index in [2.05, 4.69) is 34.9 Å². The molecule has 3 atom stereocenters. The fraction of sp³-hybridized carbons (Fsp3) is 0.667. The Morgan fingerprint density at radius 2 is 2.03 bits per heavy atom. The van der Waals surface area contributed by atoms with Crippen LogP contribution in [-0.4, -0.2) is 67.2 Å². The molecule has 1 saturated carbocycles. The van der Waals surface area contributed by atoms with Gasteiger partial charge in [0.2, 0.25) is 0 Å². The fourth-order valence-electron chi connectivity index (χ4n) is 5.40. The number of nitrogens with zero attached hydrogens (tertiary/aromatic N) is 1. The maximum atomic E-state index is 13.7. The monoisotopic (exact) mass is 447 g/mol. The van der Waals surface area contributed by atoms with Gasteiger partial charge in [-0.15, -0.1) is 0 Å². The SMILES string of the molecule is CCNC(=O)N1CCC[C@]2(CO[C@H](F)C(=O)N2)[C@H]1COC1CCC(c2ccccc2)CC1. The number of hydrogen-bond donors (Lipinski definition) is 2. The first-order valence-electron chi connectivity index (χ1n) is 11.8. The van der Waals surface area contributed by atoms with E-state index in [4.69, 9.17) is 9.47 Å². The summed E-state index contributed by atoms with van der Waals surface area (Å²) in [5.74, 6) is -0.223. The number of benzene rings is 1. The Bertz CT molecular complexity index is 787. The number of alkyl halides is 1. The van der Waals surface area contributed by atoms with Crippen LogP contribution < -0.4 is 10.6 Å². The molecule has 0 unspecified atom stereocenters. The Balaban J connectivity index is 1.42. The van der Waals surface area contributed by atoms with Gasteiger partial charge in [-0.25, -0.2) is 9.18 Å². The van der Waals surface area contributed by atoms with E-state index >= 15 is 0 Å². The molecule has 1 spiro atoms. The molecular weight excluding hydrogens is 413 g/mol. The van der Waals surface area contributed by atoms with Gasteiger partial charge < -0.3 is 25.0 Å². The average molecular weight is 448 g/mol. The summed E-state index contributed by atoms with van der Waals surface area (Å²) in [5.41, 5.74) is 0.548. The quantitative estimate of drug-likeness (QED) is 0.727. The molecular formula is C24H34FN3O4. The highest BCUT2D eigenvalue weighted by atomic mass is 19.1. The number of carbonyl (C=O) groups is 2. The van der Waals surface area contributed by atoms with Crippen LogP contribution in [0.4, 0.5) is 9.18 Å². The van der Waals surface area contributed by atoms with Gasteiger partial charge in [0.15, 0.2) is 0 Å². The van der Waals surface area contributed by atoms with Crippen LogP contribution in [0.1, 0.15) is 56.9 Å². The summed E-state index contributed by atoms with van der Waals surface area (Å²) in [7, 11) is 0. The minimum atomic E-state index is -1.96. The van der Waals surface area contributed by atoms with Gasteiger partial charge in [-0.2, -0.15) is 0 Å². The van der Waals surface area contributed by atoms with Crippen molar-refractivity contribution in [2.45, 2.75) is 75.4 Å². The molecule has 0 radical (unpaired) electrons. The second-order valence-corrected chi connectivity index (χ2v) is 9.14. The van der Waals surface area contributed by atoms with Crippen LogP contribution in [-0.2, 0) is 14.3 Å². The normalized spacial score (nSPS) is 33.1. The van der Waals surface area contributed by atoms with Crippen molar-refractivity contribution in [3.05, 3.63) is 35.9 Å². The molecule has 8 heteroatoms. The average Bonchev–Trinajstić information content (AvgIpc) is 2.82. The molecule has 3 aliphatic rings. The van der Waals surface area contributed by atoms with Crippen molar-refractivity contribution in [3.63, 3.8) is 0 Å². The molecule has 4 rings (SSSR count). The zero-order valence-electron chi connectivity index (χ0n) is 18.7. The van der Waals surface area contributed by atoms with Gasteiger partial charge in [0.25, 0.3) is 12.3 Å². The fourth-order valence-corrected chi connectivity index (χ4v) is 5.40. The number of likely N-dealkylation sites (tertiary alicyclic amines) is 1. The minimum absolute atomic E-state index is 0.0323. The zero-order valence-corrected chi connectivity index (χ0v) is 18.7. The maximum absolute atomic E-state index is 13.7. The highest BCUT2D eigenvalue weighted by molar-refractivity contribution is 5.81. The second kappa shape index (κ2) is 10.2. The number of hydrogen-bond acceptors (Lipinski definition) is 4. The highest BCUT2D eigenvalue weighted by Crippen LogP contribution is 2.36. The Kier molecular flexibility index (Phi) is 7.30. The van der Waals surface area contributed by atoms with Crippen LogP contribution in [0.2, 0.25) is 0 Å². The predicted octanol–water partition coefficient (Wildman–Crippen LogP) is 3.10. The van der Waals surface area contributed by atoms with E-state index in [0.29, 0.717) is 38.5 Å². The van der Waals surface area contributed by atoms with Gasteiger partial charge in [-0.3, -0.25) is 4.79 Å². The van der Waals surface area contributed by atoms with Gasteiger partial charge >= 0.3 is 6.03 Å². The number of halogens is 1. The Morgan fingerprint density at radius 3 is 2.72 bits per heavy atom. The Hall–Kier alpha value is -2.19. The third kappa shape index (κ3) is 4.91. The summed E-state index contributed by atoms with van der Waals surface area (Å²) in [6, 6.07) is 9.98. The molecule has 3 amide bonds. The summed E-state index contributed by atoms with van der Waals surface area (Å²) < 4.78 is 25.2. The number of carbonyl (C=O) groups excluding carboxylic acids is 2. The number of nitrogens with one attached hydrogen (secondary N) is 2. The highest BCUT2D eigenvalue weighted by Gasteiger charge is 2.51. The minimum Gasteiger partial charge on any atom is -0.376 e. The number of morpholine rings is 1. The molecule has 32 heavy (non-hydrogen) atoms. The van der Waals surface area contributed by atoms with Crippen LogP contribution >= 0.6 is 0 Å². The first-order chi connectivity index (χ1) is 15.5. The zero-order chi connectivity index (χ0) is 22.6. The van der Waals surface area contributed by atoms with E-state index in [9.17, 15) is 14.0 Å². The molecule has 3 fully saturated rings. The van der Waals surface area contributed by atoms with Crippen LogP contribution in [0.15, 0.2) is 30.3 Å². The van der Waals surface area contributed by atoms with Crippen molar-refractivity contribution in [2.24, 2.45) is 0 Å².